The minimum atomic E-state index is 0.426. The molecule has 1 rings (SSSR count). The van der Waals surface area contributed by atoms with Gasteiger partial charge < -0.3 is 4.90 Å². The van der Waals surface area contributed by atoms with Gasteiger partial charge in [0.1, 0.15) is 0 Å². The number of anilines is 1. The largest absolute Gasteiger partial charge is 0.348 e. The van der Waals surface area contributed by atoms with Crippen LogP contribution in [0, 0.1) is 12.8 Å². The average molecular weight is 226 g/mol. The lowest BCUT2D eigenvalue weighted by molar-refractivity contribution is 0.112. The molecule has 0 saturated carbocycles. The van der Waals surface area contributed by atoms with Crippen LogP contribution < -0.4 is 4.90 Å². The minimum absolute atomic E-state index is 0.426. The van der Waals surface area contributed by atoms with Crippen LogP contribution in [-0.4, -0.2) is 24.4 Å². The Morgan fingerprint density at radius 1 is 1.40 bits per heavy atom. The highest BCUT2D eigenvalue weighted by molar-refractivity contribution is 7.17. The van der Waals surface area contributed by atoms with Gasteiger partial charge in [-0.1, -0.05) is 25.2 Å². The van der Waals surface area contributed by atoms with Crippen molar-refractivity contribution in [2.24, 2.45) is 5.92 Å². The molecule has 1 aromatic heterocycles. The molecule has 3 nitrogen and oxygen atoms in total. The van der Waals surface area contributed by atoms with Crippen LogP contribution >= 0.6 is 11.3 Å². The summed E-state index contributed by atoms with van der Waals surface area (Å²) >= 11 is 1.46. The lowest BCUT2D eigenvalue weighted by Gasteiger charge is -2.27. The molecule has 0 aliphatic carbocycles. The van der Waals surface area contributed by atoms with Gasteiger partial charge in [0.25, 0.3) is 0 Å². The van der Waals surface area contributed by atoms with Crippen molar-refractivity contribution in [3.05, 3.63) is 10.6 Å². The Bertz CT molecular complexity index is 346. The average Bonchev–Trinajstić information content (AvgIpc) is 2.57. The minimum Gasteiger partial charge on any atom is -0.348 e. The van der Waals surface area contributed by atoms with Gasteiger partial charge in [-0.25, -0.2) is 4.98 Å². The monoisotopic (exact) mass is 226 g/mol. The van der Waals surface area contributed by atoms with E-state index in [1.54, 1.807) is 0 Å². The van der Waals surface area contributed by atoms with Gasteiger partial charge in [-0.05, 0) is 19.8 Å². The first kappa shape index (κ1) is 12.2. The quantitative estimate of drug-likeness (QED) is 0.740. The number of aromatic nitrogens is 1. The van der Waals surface area contributed by atoms with Gasteiger partial charge in [0.2, 0.25) is 0 Å². The topological polar surface area (TPSA) is 33.2 Å². The molecule has 15 heavy (non-hydrogen) atoms. The number of thiazole rings is 1. The Balaban J connectivity index is 2.91. The Kier molecular flexibility index (Phi) is 3.85. The van der Waals surface area contributed by atoms with Gasteiger partial charge in [-0.2, -0.15) is 0 Å². The maximum atomic E-state index is 10.7. The van der Waals surface area contributed by atoms with Crippen LogP contribution in [0.2, 0.25) is 0 Å². The Labute approximate surface area is 95.1 Å². The molecule has 0 fully saturated rings. The van der Waals surface area contributed by atoms with Gasteiger partial charge in [-0.15, -0.1) is 0 Å². The summed E-state index contributed by atoms with van der Waals surface area (Å²) in [7, 11) is 2.03. The second kappa shape index (κ2) is 4.75. The van der Waals surface area contributed by atoms with E-state index in [0.29, 0.717) is 12.0 Å². The van der Waals surface area contributed by atoms with Crippen molar-refractivity contribution in [3.8, 4) is 0 Å². The van der Waals surface area contributed by atoms with Gasteiger partial charge in [0.05, 0.1) is 10.6 Å². The molecule has 0 spiro atoms. The second-order valence-corrected chi connectivity index (χ2v) is 5.17. The fourth-order valence-electron chi connectivity index (χ4n) is 1.28. The van der Waals surface area contributed by atoms with Crippen LogP contribution in [0.25, 0.3) is 0 Å². The molecular formula is C11H18N2OS. The van der Waals surface area contributed by atoms with E-state index in [1.807, 2.05) is 14.0 Å². The van der Waals surface area contributed by atoms with E-state index in [9.17, 15) is 4.79 Å². The fourth-order valence-corrected chi connectivity index (χ4v) is 2.21. The smallest absolute Gasteiger partial charge is 0.186 e. The summed E-state index contributed by atoms with van der Waals surface area (Å²) in [5.41, 5.74) is 0.827. The molecule has 84 valence electrons. The van der Waals surface area contributed by atoms with Crippen molar-refractivity contribution in [2.75, 3.05) is 11.9 Å². The lowest BCUT2D eigenvalue weighted by Crippen LogP contribution is -2.32. The van der Waals surface area contributed by atoms with Crippen molar-refractivity contribution in [2.45, 2.75) is 33.7 Å². The van der Waals surface area contributed by atoms with Crippen molar-refractivity contribution in [1.82, 2.24) is 4.98 Å². The fraction of sp³-hybridized carbons (Fsp3) is 0.636. The van der Waals surface area contributed by atoms with Crippen LogP contribution in [-0.2, 0) is 0 Å². The first-order valence-electron chi connectivity index (χ1n) is 5.12. The van der Waals surface area contributed by atoms with Crippen LogP contribution in [0.15, 0.2) is 0 Å². The number of hydrogen-bond donors (Lipinski definition) is 0. The number of rotatable bonds is 4. The molecule has 1 atom stereocenters. The Morgan fingerprint density at radius 2 is 2.00 bits per heavy atom. The predicted octanol–water partition coefficient (Wildman–Crippen LogP) is 2.74. The Hall–Kier alpha value is -0.900. The van der Waals surface area contributed by atoms with Gasteiger partial charge in [0, 0.05) is 13.1 Å². The van der Waals surface area contributed by atoms with Crippen LogP contribution in [0.3, 0.4) is 0 Å². The third-order valence-electron chi connectivity index (χ3n) is 2.81. The maximum Gasteiger partial charge on any atom is 0.186 e. The maximum absolute atomic E-state index is 10.7. The molecule has 1 aromatic rings. The standard InChI is InChI=1S/C11H18N2OS/c1-7(2)9(4)13(5)11-12-8(3)10(6-14)15-11/h6-7,9H,1-5H3. The second-order valence-electron chi connectivity index (χ2n) is 4.16. The summed E-state index contributed by atoms with van der Waals surface area (Å²) in [6.07, 6.45) is 0.879. The molecule has 0 saturated heterocycles. The third-order valence-corrected chi connectivity index (χ3v) is 3.98. The summed E-state index contributed by atoms with van der Waals surface area (Å²) in [4.78, 5) is 18.0. The molecule has 1 unspecified atom stereocenters. The van der Waals surface area contributed by atoms with Crippen LogP contribution in [0.5, 0.6) is 0 Å². The Morgan fingerprint density at radius 3 is 2.40 bits per heavy atom. The highest BCUT2D eigenvalue weighted by Gasteiger charge is 2.17. The number of hydrogen-bond acceptors (Lipinski definition) is 4. The number of aryl methyl sites for hydroxylation is 1. The lowest BCUT2D eigenvalue weighted by atomic mass is 10.1. The normalized spacial score (nSPS) is 12.9. The van der Waals surface area contributed by atoms with Crippen molar-refractivity contribution in [1.29, 1.82) is 0 Å². The van der Waals surface area contributed by atoms with Crippen LogP contribution in [0.1, 0.15) is 36.1 Å². The molecule has 0 amide bonds. The SMILES string of the molecule is Cc1nc(N(C)C(C)C(C)C)sc1C=O. The molecule has 0 bridgehead atoms. The van der Waals surface area contributed by atoms with Crippen molar-refractivity contribution < 1.29 is 4.79 Å². The number of carbonyl (C=O) groups is 1. The first-order chi connectivity index (χ1) is 6.97. The summed E-state index contributed by atoms with van der Waals surface area (Å²) in [6.45, 7) is 8.41. The third kappa shape index (κ3) is 2.56. The molecule has 0 aliphatic rings. The van der Waals surface area contributed by atoms with Gasteiger partial charge in [0.15, 0.2) is 11.4 Å². The number of nitrogens with zero attached hydrogens (tertiary/aromatic N) is 2. The zero-order chi connectivity index (χ0) is 11.6. The zero-order valence-electron chi connectivity index (χ0n) is 9.94. The highest BCUT2D eigenvalue weighted by atomic mass is 32.1. The summed E-state index contributed by atoms with van der Waals surface area (Å²) in [5.74, 6) is 0.568. The molecule has 4 heteroatoms. The van der Waals surface area contributed by atoms with Gasteiger partial charge in [-0.3, -0.25) is 4.79 Å². The van der Waals surface area contributed by atoms with Gasteiger partial charge >= 0.3 is 0 Å². The molecular weight excluding hydrogens is 208 g/mol. The zero-order valence-corrected chi connectivity index (χ0v) is 10.8. The van der Waals surface area contributed by atoms with Crippen LogP contribution in [0.4, 0.5) is 5.13 Å². The molecule has 0 radical (unpaired) electrons. The summed E-state index contributed by atoms with van der Waals surface area (Å²) < 4.78 is 0. The molecule has 0 aliphatic heterocycles. The summed E-state index contributed by atoms with van der Waals surface area (Å²) in [6, 6.07) is 0.426. The van der Waals surface area contributed by atoms with Crippen molar-refractivity contribution >= 4 is 22.8 Å². The van der Waals surface area contributed by atoms with E-state index in [4.69, 9.17) is 0 Å². The van der Waals surface area contributed by atoms with E-state index in [1.165, 1.54) is 11.3 Å². The van der Waals surface area contributed by atoms with E-state index in [-0.39, 0.29) is 0 Å². The van der Waals surface area contributed by atoms with E-state index in [0.717, 1.165) is 22.0 Å². The predicted molar refractivity (Wildman–Crippen MR) is 64.9 cm³/mol. The summed E-state index contributed by atoms with van der Waals surface area (Å²) in [5, 5.41) is 0.927. The van der Waals surface area contributed by atoms with Crippen molar-refractivity contribution in [3.63, 3.8) is 0 Å². The molecule has 0 N–H and O–H groups in total. The number of carbonyl (C=O) groups excluding carboxylic acids is 1. The number of aldehydes is 1. The molecule has 0 aromatic carbocycles. The first-order valence-corrected chi connectivity index (χ1v) is 5.94. The van der Waals surface area contributed by atoms with E-state index >= 15 is 0 Å². The highest BCUT2D eigenvalue weighted by Crippen LogP contribution is 2.26. The van der Waals surface area contributed by atoms with E-state index < -0.39 is 0 Å². The molecule has 1 heterocycles. The van der Waals surface area contributed by atoms with E-state index in [2.05, 4.69) is 30.7 Å².